The van der Waals surface area contributed by atoms with Crippen LogP contribution < -0.4 is 5.32 Å². The van der Waals surface area contributed by atoms with Gasteiger partial charge in [0, 0.05) is 18.5 Å². The summed E-state index contributed by atoms with van der Waals surface area (Å²) in [7, 11) is 0. The maximum atomic E-state index is 12.1. The second kappa shape index (κ2) is 8.74. The number of piperidine rings is 1. The zero-order valence-electron chi connectivity index (χ0n) is 13.5. The first kappa shape index (κ1) is 16.8. The van der Waals surface area contributed by atoms with Crippen molar-refractivity contribution in [2.45, 2.75) is 76.9 Å². The Morgan fingerprint density at radius 2 is 1.86 bits per heavy atom. The second-order valence-corrected chi connectivity index (χ2v) is 6.73. The molecular weight excluding hydrogens is 264 g/mol. The first-order valence-electron chi connectivity index (χ1n) is 8.92. The summed E-state index contributed by atoms with van der Waals surface area (Å²) in [6, 6.07) is 0.340. The van der Waals surface area contributed by atoms with Crippen molar-refractivity contribution in [2.75, 3.05) is 19.6 Å². The number of amides is 1. The quantitative estimate of drug-likeness (QED) is 0.740. The molecule has 1 saturated carbocycles. The van der Waals surface area contributed by atoms with Gasteiger partial charge in [-0.25, -0.2) is 0 Å². The normalized spacial score (nSPS) is 28.5. The number of hydrogen-bond donors (Lipinski definition) is 2. The van der Waals surface area contributed by atoms with Gasteiger partial charge in [0.05, 0.1) is 6.10 Å². The molecule has 0 radical (unpaired) electrons. The van der Waals surface area contributed by atoms with Crippen LogP contribution in [0, 0.1) is 5.92 Å². The van der Waals surface area contributed by atoms with E-state index in [2.05, 4.69) is 17.1 Å². The number of carbonyl (C=O) groups is 1. The van der Waals surface area contributed by atoms with Crippen molar-refractivity contribution in [3.8, 4) is 0 Å². The fraction of sp³-hybridized carbons (Fsp3) is 0.941. The minimum atomic E-state index is -0.154. The van der Waals surface area contributed by atoms with Crippen LogP contribution in [0.3, 0.4) is 0 Å². The third-order valence-electron chi connectivity index (χ3n) is 5.14. The summed E-state index contributed by atoms with van der Waals surface area (Å²) in [5.41, 5.74) is 0. The van der Waals surface area contributed by atoms with Crippen molar-refractivity contribution in [3.63, 3.8) is 0 Å². The molecule has 2 N–H and O–H groups in total. The Morgan fingerprint density at radius 1 is 1.14 bits per heavy atom. The van der Waals surface area contributed by atoms with Crippen molar-refractivity contribution < 1.29 is 9.90 Å². The van der Waals surface area contributed by atoms with E-state index >= 15 is 0 Å². The minimum absolute atomic E-state index is 0.154. The zero-order valence-corrected chi connectivity index (χ0v) is 13.5. The Bertz CT molecular complexity index is 314. The molecule has 1 amide bonds. The Morgan fingerprint density at radius 3 is 2.52 bits per heavy atom. The van der Waals surface area contributed by atoms with E-state index in [0.717, 1.165) is 58.2 Å². The summed E-state index contributed by atoms with van der Waals surface area (Å²) >= 11 is 0. The van der Waals surface area contributed by atoms with E-state index in [9.17, 15) is 9.90 Å². The lowest BCUT2D eigenvalue weighted by atomic mass is 9.88. The van der Waals surface area contributed by atoms with Crippen LogP contribution in [-0.2, 0) is 4.79 Å². The molecule has 2 rings (SSSR count). The van der Waals surface area contributed by atoms with Crippen molar-refractivity contribution in [2.24, 2.45) is 5.92 Å². The number of likely N-dealkylation sites (tertiary alicyclic amines) is 1. The van der Waals surface area contributed by atoms with Gasteiger partial charge in [-0.05, 0) is 45.2 Å². The first-order valence-corrected chi connectivity index (χ1v) is 8.92. The summed E-state index contributed by atoms with van der Waals surface area (Å²) in [4.78, 5) is 14.6. The van der Waals surface area contributed by atoms with E-state index < -0.39 is 0 Å². The topological polar surface area (TPSA) is 52.6 Å². The predicted molar refractivity (Wildman–Crippen MR) is 85.1 cm³/mol. The van der Waals surface area contributed by atoms with Crippen LogP contribution in [0.1, 0.15) is 64.7 Å². The highest BCUT2D eigenvalue weighted by Crippen LogP contribution is 2.27. The van der Waals surface area contributed by atoms with E-state index in [-0.39, 0.29) is 17.9 Å². The van der Waals surface area contributed by atoms with E-state index in [1.54, 1.807) is 0 Å². The van der Waals surface area contributed by atoms with Gasteiger partial charge < -0.3 is 10.4 Å². The van der Waals surface area contributed by atoms with Gasteiger partial charge in [0.25, 0.3) is 0 Å². The molecule has 0 aromatic heterocycles. The molecule has 2 aliphatic rings. The number of nitrogens with one attached hydrogen (secondary N) is 1. The maximum Gasteiger partial charge on any atom is 0.223 e. The van der Waals surface area contributed by atoms with Gasteiger partial charge in [-0.2, -0.15) is 0 Å². The molecule has 1 heterocycles. The molecule has 1 aliphatic carbocycles. The number of unbranched alkanes of at least 4 members (excludes halogenated alkanes) is 2. The van der Waals surface area contributed by atoms with Crippen molar-refractivity contribution >= 4 is 5.91 Å². The van der Waals surface area contributed by atoms with Gasteiger partial charge in [-0.3, -0.25) is 9.69 Å². The average molecular weight is 296 g/mol. The number of rotatable bonds is 6. The lowest BCUT2D eigenvalue weighted by molar-refractivity contribution is -0.127. The van der Waals surface area contributed by atoms with Crippen LogP contribution in [0.15, 0.2) is 0 Å². The highest BCUT2D eigenvalue weighted by Gasteiger charge is 2.33. The van der Waals surface area contributed by atoms with Gasteiger partial charge in [0.15, 0.2) is 0 Å². The summed E-state index contributed by atoms with van der Waals surface area (Å²) in [5, 5.41) is 13.2. The summed E-state index contributed by atoms with van der Waals surface area (Å²) in [6.45, 7) is 4.94. The van der Waals surface area contributed by atoms with Gasteiger partial charge in [-0.1, -0.05) is 32.6 Å². The van der Waals surface area contributed by atoms with Crippen LogP contribution in [-0.4, -0.2) is 47.7 Å². The molecule has 122 valence electrons. The summed E-state index contributed by atoms with van der Waals surface area (Å²) < 4.78 is 0. The highest BCUT2D eigenvalue weighted by molar-refractivity contribution is 5.78. The van der Waals surface area contributed by atoms with Gasteiger partial charge in [0.1, 0.15) is 0 Å². The molecule has 1 aliphatic heterocycles. The number of hydrogen-bond acceptors (Lipinski definition) is 3. The van der Waals surface area contributed by atoms with Crippen LogP contribution in [0.25, 0.3) is 0 Å². The molecule has 1 saturated heterocycles. The van der Waals surface area contributed by atoms with E-state index in [0.29, 0.717) is 6.04 Å². The smallest absolute Gasteiger partial charge is 0.223 e. The fourth-order valence-corrected chi connectivity index (χ4v) is 3.74. The van der Waals surface area contributed by atoms with E-state index in [1.807, 2.05) is 0 Å². The molecule has 0 aromatic rings. The fourth-order valence-electron chi connectivity index (χ4n) is 3.74. The molecule has 2 atom stereocenters. The van der Waals surface area contributed by atoms with Gasteiger partial charge >= 0.3 is 0 Å². The van der Waals surface area contributed by atoms with E-state index in [4.69, 9.17) is 0 Å². The number of nitrogens with zero attached hydrogens (tertiary/aromatic N) is 1. The van der Waals surface area contributed by atoms with Crippen molar-refractivity contribution in [1.29, 1.82) is 0 Å². The first-order chi connectivity index (χ1) is 10.2. The Balaban J connectivity index is 1.68. The standard InChI is InChI=1S/C17H32N2O2/c1-2-3-6-11-18-17(21)14-9-12-19(13-10-14)15-7-4-5-8-16(15)20/h14-16,20H,2-13H2,1H3,(H,18,21). The minimum Gasteiger partial charge on any atom is -0.391 e. The Kier molecular flexibility index (Phi) is 6.97. The van der Waals surface area contributed by atoms with Crippen molar-refractivity contribution in [1.82, 2.24) is 10.2 Å². The van der Waals surface area contributed by atoms with E-state index in [1.165, 1.54) is 19.3 Å². The zero-order chi connectivity index (χ0) is 15.1. The van der Waals surface area contributed by atoms with Crippen LogP contribution >= 0.6 is 0 Å². The Hall–Kier alpha value is -0.610. The lowest BCUT2D eigenvalue weighted by Crippen LogP contribution is -2.50. The molecule has 0 spiro atoms. The van der Waals surface area contributed by atoms with Crippen LogP contribution in [0.2, 0.25) is 0 Å². The number of aliphatic hydroxyl groups excluding tert-OH is 1. The van der Waals surface area contributed by atoms with Crippen molar-refractivity contribution in [3.05, 3.63) is 0 Å². The SMILES string of the molecule is CCCCCNC(=O)C1CCN(C2CCCCC2O)CC1. The van der Waals surface area contributed by atoms with Crippen LogP contribution in [0.5, 0.6) is 0 Å². The molecular formula is C17H32N2O2. The lowest BCUT2D eigenvalue weighted by Gasteiger charge is -2.41. The number of carbonyl (C=O) groups excluding carboxylic acids is 1. The average Bonchev–Trinajstić information content (AvgIpc) is 2.52. The highest BCUT2D eigenvalue weighted by atomic mass is 16.3. The largest absolute Gasteiger partial charge is 0.391 e. The molecule has 0 bridgehead atoms. The summed E-state index contributed by atoms with van der Waals surface area (Å²) in [6.07, 6.45) is 9.68. The summed E-state index contributed by atoms with van der Waals surface area (Å²) in [5.74, 6) is 0.429. The molecule has 2 unspecified atom stereocenters. The van der Waals surface area contributed by atoms with Gasteiger partial charge in [0.2, 0.25) is 5.91 Å². The maximum absolute atomic E-state index is 12.1. The third kappa shape index (κ3) is 4.96. The second-order valence-electron chi connectivity index (χ2n) is 6.73. The van der Waals surface area contributed by atoms with Crippen LogP contribution in [0.4, 0.5) is 0 Å². The third-order valence-corrected chi connectivity index (χ3v) is 5.14. The monoisotopic (exact) mass is 296 g/mol. The number of aliphatic hydroxyl groups is 1. The molecule has 2 fully saturated rings. The molecule has 0 aromatic carbocycles. The Labute approximate surface area is 129 Å². The molecule has 21 heavy (non-hydrogen) atoms. The molecule has 4 nitrogen and oxygen atoms in total. The predicted octanol–water partition coefficient (Wildman–Crippen LogP) is 2.31. The van der Waals surface area contributed by atoms with Gasteiger partial charge in [-0.15, -0.1) is 0 Å². The molecule has 4 heteroatoms.